The zero-order valence-corrected chi connectivity index (χ0v) is 13.4. The Balaban J connectivity index is 1.53. The smallest absolute Gasteiger partial charge is 0.328 e. The van der Waals surface area contributed by atoms with Crippen LogP contribution in [0.25, 0.3) is 0 Å². The van der Waals surface area contributed by atoms with Crippen molar-refractivity contribution in [2.75, 3.05) is 26.2 Å². The number of carbonyl (C=O) groups excluding carboxylic acids is 1. The highest BCUT2D eigenvalue weighted by atomic mass is 16.5. The minimum Gasteiger partial charge on any atom is -0.360 e. The molecule has 128 valence electrons. The van der Waals surface area contributed by atoms with E-state index in [1.807, 2.05) is 13.0 Å². The van der Waals surface area contributed by atoms with Crippen LogP contribution < -0.4 is 11.2 Å². The van der Waals surface area contributed by atoms with Crippen molar-refractivity contribution in [2.45, 2.75) is 20.0 Å². The maximum Gasteiger partial charge on any atom is 0.328 e. The molecule has 0 aliphatic carbocycles. The van der Waals surface area contributed by atoms with E-state index in [1.54, 1.807) is 4.90 Å². The van der Waals surface area contributed by atoms with E-state index in [9.17, 15) is 14.4 Å². The first-order chi connectivity index (χ1) is 11.5. The Bertz CT molecular complexity index is 829. The van der Waals surface area contributed by atoms with Gasteiger partial charge in [0, 0.05) is 44.5 Å². The average molecular weight is 333 g/mol. The zero-order chi connectivity index (χ0) is 17.1. The van der Waals surface area contributed by atoms with E-state index in [1.165, 1.54) is 16.8 Å². The van der Waals surface area contributed by atoms with Gasteiger partial charge in [0.05, 0.1) is 12.2 Å². The first-order valence-corrected chi connectivity index (χ1v) is 7.73. The highest BCUT2D eigenvalue weighted by Crippen LogP contribution is 2.10. The maximum absolute atomic E-state index is 12.3. The number of piperazine rings is 1. The fourth-order valence-corrected chi connectivity index (χ4v) is 2.68. The number of nitrogens with one attached hydrogen (secondary N) is 1. The zero-order valence-electron chi connectivity index (χ0n) is 13.4. The molecule has 1 amide bonds. The molecule has 0 radical (unpaired) electrons. The van der Waals surface area contributed by atoms with E-state index in [-0.39, 0.29) is 12.5 Å². The molecule has 1 aliphatic heterocycles. The number of aryl methyl sites for hydroxylation is 1. The first-order valence-electron chi connectivity index (χ1n) is 7.73. The van der Waals surface area contributed by atoms with Gasteiger partial charge in [-0.25, -0.2) is 4.79 Å². The monoisotopic (exact) mass is 333 g/mol. The van der Waals surface area contributed by atoms with Gasteiger partial charge in [-0.2, -0.15) is 0 Å². The summed E-state index contributed by atoms with van der Waals surface area (Å²) >= 11 is 0. The van der Waals surface area contributed by atoms with Crippen molar-refractivity contribution >= 4 is 5.91 Å². The van der Waals surface area contributed by atoms with Crippen LogP contribution in [-0.2, 0) is 17.9 Å². The normalized spacial score (nSPS) is 15.6. The Morgan fingerprint density at radius 1 is 1.29 bits per heavy atom. The quantitative estimate of drug-likeness (QED) is 0.784. The van der Waals surface area contributed by atoms with Crippen LogP contribution in [0.3, 0.4) is 0 Å². The van der Waals surface area contributed by atoms with Gasteiger partial charge in [-0.05, 0) is 6.92 Å². The molecule has 0 aromatic carbocycles. The minimum atomic E-state index is -0.574. The fraction of sp³-hybridized carbons (Fsp3) is 0.467. The molecular weight excluding hydrogens is 314 g/mol. The number of amides is 1. The van der Waals surface area contributed by atoms with E-state index in [0.717, 1.165) is 24.5 Å². The Morgan fingerprint density at radius 2 is 2.04 bits per heavy atom. The standard InChI is InChI=1S/C15H19N5O4/c1-11-8-12(24-17-11)9-18-4-6-19(7-5-18)14(22)10-20-3-2-13(21)16-15(20)23/h2-3,8H,4-7,9-10H2,1H3,(H,16,21,23). The van der Waals surface area contributed by atoms with Crippen LogP contribution in [0.2, 0.25) is 0 Å². The molecule has 2 aromatic heterocycles. The molecule has 1 saturated heterocycles. The molecule has 0 unspecified atom stereocenters. The summed E-state index contributed by atoms with van der Waals surface area (Å²) in [5.41, 5.74) is -0.194. The van der Waals surface area contributed by atoms with Crippen molar-refractivity contribution in [1.29, 1.82) is 0 Å². The first kappa shape index (κ1) is 16.2. The van der Waals surface area contributed by atoms with Crippen molar-refractivity contribution in [1.82, 2.24) is 24.5 Å². The predicted octanol–water partition coefficient (Wildman–Crippen LogP) is -0.823. The second kappa shape index (κ2) is 6.83. The van der Waals surface area contributed by atoms with Gasteiger partial charge in [0.15, 0.2) is 5.76 Å². The van der Waals surface area contributed by atoms with Crippen LogP contribution in [0.15, 0.2) is 32.4 Å². The summed E-state index contributed by atoms with van der Waals surface area (Å²) in [6.45, 7) is 5.10. The molecular formula is C15H19N5O4. The van der Waals surface area contributed by atoms with Gasteiger partial charge in [0.1, 0.15) is 6.54 Å². The van der Waals surface area contributed by atoms with E-state index in [2.05, 4.69) is 15.0 Å². The van der Waals surface area contributed by atoms with E-state index < -0.39 is 11.2 Å². The summed E-state index contributed by atoms with van der Waals surface area (Å²) in [5.74, 6) is 0.673. The molecule has 24 heavy (non-hydrogen) atoms. The van der Waals surface area contributed by atoms with Gasteiger partial charge < -0.3 is 9.42 Å². The van der Waals surface area contributed by atoms with Crippen LogP contribution in [0.4, 0.5) is 0 Å². The number of rotatable bonds is 4. The van der Waals surface area contributed by atoms with Crippen molar-refractivity contribution in [2.24, 2.45) is 0 Å². The summed E-state index contributed by atoms with van der Waals surface area (Å²) in [6.07, 6.45) is 1.33. The summed E-state index contributed by atoms with van der Waals surface area (Å²) in [4.78, 5) is 41.0. The van der Waals surface area contributed by atoms with Gasteiger partial charge in [0.2, 0.25) is 5.91 Å². The van der Waals surface area contributed by atoms with Crippen LogP contribution in [0.5, 0.6) is 0 Å². The van der Waals surface area contributed by atoms with Crippen LogP contribution in [0.1, 0.15) is 11.5 Å². The van der Waals surface area contributed by atoms with Crippen molar-refractivity contribution < 1.29 is 9.32 Å². The van der Waals surface area contributed by atoms with Gasteiger partial charge in [-0.1, -0.05) is 5.16 Å². The van der Waals surface area contributed by atoms with Crippen LogP contribution in [0, 0.1) is 6.92 Å². The molecule has 0 saturated carbocycles. The fourth-order valence-electron chi connectivity index (χ4n) is 2.68. The predicted molar refractivity (Wildman–Crippen MR) is 84.4 cm³/mol. The van der Waals surface area contributed by atoms with Gasteiger partial charge in [-0.3, -0.25) is 24.0 Å². The number of hydrogen-bond donors (Lipinski definition) is 1. The molecule has 1 fully saturated rings. The highest BCUT2D eigenvalue weighted by molar-refractivity contribution is 5.76. The molecule has 2 aromatic rings. The molecule has 9 nitrogen and oxygen atoms in total. The van der Waals surface area contributed by atoms with Gasteiger partial charge in [0.25, 0.3) is 5.56 Å². The Kier molecular flexibility index (Phi) is 4.61. The largest absolute Gasteiger partial charge is 0.360 e. The van der Waals surface area contributed by atoms with E-state index in [0.29, 0.717) is 19.6 Å². The van der Waals surface area contributed by atoms with E-state index in [4.69, 9.17) is 4.52 Å². The molecule has 1 aliphatic rings. The summed E-state index contributed by atoms with van der Waals surface area (Å²) < 4.78 is 6.41. The molecule has 3 heterocycles. The molecule has 1 N–H and O–H groups in total. The highest BCUT2D eigenvalue weighted by Gasteiger charge is 2.22. The number of carbonyl (C=O) groups is 1. The third-order valence-electron chi connectivity index (χ3n) is 3.98. The summed E-state index contributed by atoms with van der Waals surface area (Å²) in [5, 5.41) is 3.86. The SMILES string of the molecule is Cc1cc(CN2CCN(C(=O)Cn3ccc(=O)[nH]c3=O)CC2)on1. The van der Waals surface area contributed by atoms with E-state index >= 15 is 0 Å². The topological polar surface area (TPSA) is 104 Å². The lowest BCUT2D eigenvalue weighted by molar-refractivity contribution is -0.133. The van der Waals surface area contributed by atoms with Crippen molar-refractivity contribution in [3.63, 3.8) is 0 Å². The second-order valence-corrected chi connectivity index (χ2v) is 5.83. The third-order valence-corrected chi connectivity index (χ3v) is 3.98. The third kappa shape index (κ3) is 3.80. The van der Waals surface area contributed by atoms with Gasteiger partial charge in [-0.15, -0.1) is 0 Å². The Morgan fingerprint density at radius 3 is 2.67 bits per heavy atom. The second-order valence-electron chi connectivity index (χ2n) is 5.83. The number of nitrogens with zero attached hydrogens (tertiary/aromatic N) is 4. The Labute approximate surface area is 137 Å². The number of hydrogen-bond acceptors (Lipinski definition) is 6. The number of H-pyrrole nitrogens is 1. The lowest BCUT2D eigenvalue weighted by Gasteiger charge is -2.34. The molecule has 9 heteroatoms. The lowest BCUT2D eigenvalue weighted by Crippen LogP contribution is -2.49. The maximum atomic E-state index is 12.3. The van der Waals surface area contributed by atoms with Crippen molar-refractivity contribution in [3.8, 4) is 0 Å². The molecule has 3 rings (SSSR count). The molecule has 0 bridgehead atoms. The van der Waals surface area contributed by atoms with Crippen molar-refractivity contribution in [3.05, 3.63) is 50.6 Å². The number of aromatic nitrogens is 3. The Hall–Kier alpha value is -2.68. The van der Waals surface area contributed by atoms with Gasteiger partial charge >= 0.3 is 5.69 Å². The van der Waals surface area contributed by atoms with Crippen LogP contribution in [-0.4, -0.2) is 56.6 Å². The molecule has 0 spiro atoms. The lowest BCUT2D eigenvalue weighted by atomic mass is 10.3. The minimum absolute atomic E-state index is 0.0725. The van der Waals surface area contributed by atoms with Crippen LogP contribution >= 0.6 is 0 Å². The average Bonchev–Trinajstić information content (AvgIpc) is 2.96. The molecule has 0 atom stereocenters. The number of aromatic amines is 1. The summed E-state index contributed by atoms with van der Waals surface area (Å²) in [6, 6.07) is 3.13. The summed E-state index contributed by atoms with van der Waals surface area (Å²) in [7, 11) is 0.